The van der Waals surface area contributed by atoms with Crippen molar-refractivity contribution in [2.24, 2.45) is 11.8 Å². The molecule has 4 nitrogen and oxygen atoms in total. The summed E-state index contributed by atoms with van der Waals surface area (Å²) >= 11 is 0. The Kier molecular flexibility index (Phi) is 5.39. The monoisotopic (exact) mass is 289 g/mol. The van der Waals surface area contributed by atoms with Gasteiger partial charge >= 0.3 is 5.97 Å². The largest absolute Gasteiger partial charge is 0.489 e. The highest BCUT2D eigenvalue weighted by molar-refractivity contribution is 5.70. The molecule has 0 fully saturated rings. The number of carboxylic acids is 1. The first-order chi connectivity index (χ1) is 10.1. The first-order valence-corrected chi connectivity index (χ1v) is 7.41. The zero-order valence-electron chi connectivity index (χ0n) is 12.6. The fourth-order valence-electron chi connectivity index (χ4n) is 2.51. The molecule has 1 atom stereocenters. The average molecular weight is 289 g/mol. The van der Waals surface area contributed by atoms with E-state index in [9.17, 15) is 9.90 Å². The Morgan fingerprint density at radius 2 is 2.14 bits per heavy atom. The van der Waals surface area contributed by atoms with E-state index in [1.807, 2.05) is 38.1 Å². The Morgan fingerprint density at radius 1 is 1.38 bits per heavy atom. The molecule has 2 N–H and O–H groups in total. The lowest BCUT2D eigenvalue weighted by Gasteiger charge is -2.20. The van der Waals surface area contributed by atoms with Crippen LogP contribution in [0, 0.1) is 11.8 Å². The minimum absolute atomic E-state index is 0.331. The minimum Gasteiger partial charge on any atom is -0.489 e. The van der Waals surface area contributed by atoms with Crippen LogP contribution >= 0.6 is 0 Å². The van der Waals surface area contributed by atoms with Crippen LogP contribution in [0.15, 0.2) is 29.8 Å². The van der Waals surface area contributed by atoms with E-state index in [4.69, 9.17) is 4.74 Å². The van der Waals surface area contributed by atoms with Crippen LogP contribution in [-0.4, -0.2) is 30.8 Å². The second kappa shape index (κ2) is 7.27. The van der Waals surface area contributed by atoms with E-state index in [1.54, 1.807) is 0 Å². The Hall–Kier alpha value is -1.81. The van der Waals surface area contributed by atoms with Crippen LogP contribution in [-0.2, 0) is 4.79 Å². The average Bonchev–Trinajstić information content (AvgIpc) is 2.45. The Labute approximate surface area is 125 Å². The van der Waals surface area contributed by atoms with Crippen LogP contribution < -0.4 is 10.1 Å². The van der Waals surface area contributed by atoms with Gasteiger partial charge in [0, 0.05) is 18.7 Å². The molecule has 0 saturated heterocycles. The summed E-state index contributed by atoms with van der Waals surface area (Å²) in [5.41, 5.74) is 2.22. The van der Waals surface area contributed by atoms with Crippen molar-refractivity contribution in [3.8, 4) is 5.75 Å². The number of ether oxygens (including phenoxy) is 1. The van der Waals surface area contributed by atoms with Gasteiger partial charge in [-0.25, -0.2) is 0 Å². The van der Waals surface area contributed by atoms with Crippen molar-refractivity contribution in [2.45, 2.75) is 20.3 Å². The summed E-state index contributed by atoms with van der Waals surface area (Å²) in [6.45, 7) is 5.81. The van der Waals surface area contributed by atoms with Crippen LogP contribution in [0.3, 0.4) is 0 Å². The Morgan fingerprint density at radius 3 is 2.86 bits per heavy atom. The van der Waals surface area contributed by atoms with E-state index in [2.05, 4.69) is 11.4 Å². The van der Waals surface area contributed by atoms with Crippen molar-refractivity contribution in [3.05, 3.63) is 35.4 Å². The van der Waals surface area contributed by atoms with Crippen LogP contribution in [0.1, 0.15) is 25.8 Å². The third kappa shape index (κ3) is 4.60. The number of carboxylic acid groups (broad SMARTS) is 1. The molecular formula is C17H23NO3. The number of para-hydroxylation sites is 1. The lowest BCUT2D eigenvalue weighted by atomic mass is 9.97. The quantitative estimate of drug-likeness (QED) is 0.810. The normalized spacial score (nSPS) is 15.1. The third-order valence-electron chi connectivity index (χ3n) is 3.54. The molecule has 0 spiro atoms. The molecule has 1 unspecified atom stereocenters. The lowest BCUT2D eigenvalue weighted by Crippen LogP contribution is -2.31. The van der Waals surface area contributed by atoms with Crippen molar-refractivity contribution >= 4 is 12.0 Å². The van der Waals surface area contributed by atoms with Gasteiger partial charge in [-0.1, -0.05) is 32.0 Å². The molecular weight excluding hydrogens is 266 g/mol. The maximum absolute atomic E-state index is 11.2. The predicted octanol–water partition coefficient (Wildman–Crippen LogP) is 2.80. The third-order valence-corrected chi connectivity index (χ3v) is 3.54. The summed E-state index contributed by atoms with van der Waals surface area (Å²) in [6, 6.07) is 7.92. The molecule has 1 aromatic rings. The molecule has 114 valence electrons. The topological polar surface area (TPSA) is 58.6 Å². The van der Waals surface area contributed by atoms with Crippen molar-refractivity contribution < 1.29 is 14.6 Å². The van der Waals surface area contributed by atoms with Crippen molar-refractivity contribution in [2.75, 3.05) is 19.7 Å². The van der Waals surface area contributed by atoms with Gasteiger partial charge in [0.05, 0.1) is 5.92 Å². The van der Waals surface area contributed by atoms with E-state index in [0.29, 0.717) is 32.0 Å². The minimum atomic E-state index is -0.726. The Bertz CT molecular complexity index is 523. The van der Waals surface area contributed by atoms with Gasteiger partial charge in [0.15, 0.2) is 0 Å². The lowest BCUT2D eigenvalue weighted by molar-refractivity contribution is -0.142. The molecule has 0 radical (unpaired) electrons. The van der Waals surface area contributed by atoms with E-state index in [0.717, 1.165) is 16.9 Å². The van der Waals surface area contributed by atoms with Gasteiger partial charge in [0.1, 0.15) is 12.4 Å². The maximum Gasteiger partial charge on any atom is 0.307 e. The molecule has 0 aromatic heterocycles. The van der Waals surface area contributed by atoms with E-state index in [-0.39, 0.29) is 5.92 Å². The highest BCUT2D eigenvalue weighted by Crippen LogP contribution is 2.25. The van der Waals surface area contributed by atoms with E-state index < -0.39 is 5.97 Å². The van der Waals surface area contributed by atoms with E-state index >= 15 is 0 Å². The second-order valence-corrected chi connectivity index (χ2v) is 5.92. The SMILES string of the molecule is CC(C)CC(CNCC1=Cc2ccccc2OC1)C(=O)O. The Balaban J connectivity index is 1.86. The summed E-state index contributed by atoms with van der Waals surface area (Å²) < 4.78 is 5.68. The molecule has 0 saturated carbocycles. The number of hydrogen-bond donors (Lipinski definition) is 2. The van der Waals surface area contributed by atoms with Gasteiger partial charge in [0.25, 0.3) is 0 Å². The van der Waals surface area contributed by atoms with E-state index in [1.165, 1.54) is 0 Å². The molecule has 1 aliphatic rings. The summed E-state index contributed by atoms with van der Waals surface area (Å²) in [5, 5.41) is 12.5. The number of aliphatic carboxylic acids is 1. The molecule has 2 rings (SSSR count). The van der Waals surface area contributed by atoms with Crippen LogP contribution in [0.5, 0.6) is 5.75 Å². The van der Waals surface area contributed by atoms with Gasteiger partial charge in [-0.2, -0.15) is 0 Å². The van der Waals surface area contributed by atoms with Crippen molar-refractivity contribution in [1.82, 2.24) is 5.32 Å². The van der Waals surface area contributed by atoms with Gasteiger partial charge < -0.3 is 15.2 Å². The van der Waals surface area contributed by atoms with Gasteiger partial charge in [-0.3, -0.25) is 4.79 Å². The maximum atomic E-state index is 11.2. The smallest absolute Gasteiger partial charge is 0.307 e. The number of hydrogen-bond acceptors (Lipinski definition) is 3. The zero-order valence-corrected chi connectivity index (χ0v) is 12.6. The predicted molar refractivity (Wildman–Crippen MR) is 83.4 cm³/mol. The molecule has 1 aliphatic heterocycles. The zero-order chi connectivity index (χ0) is 15.2. The van der Waals surface area contributed by atoms with Gasteiger partial charge in [-0.05, 0) is 30.1 Å². The summed E-state index contributed by atoms with van der Waals surface area (Å²) in [7, 11) is 0. The highest BCUT2D eigenvalue weighted by atomic mass is 16.5. The first-order valence-electron chi connectivity index (χ1n) is 7.41. The molecule has 4 heteroatoms. The fourth-order valence-corrected chi connectivity index (χ4v) is 2.51. The molecule has 21 heavy (non-hydrogen) atoms. The van der Waals surface area contributed by atoms with Crippen LogP contribution in [0.2, 0.25) is 0 Å². The summed E-state index contributed by atoms with van der Waals surface area (Å²) in [4.78, 5) is 11.2. The highest BCUT2D eigenvalue weighted by Gasteiger charge is 2.18. The number of fused-ring (bicyclic) bond motifs is 1. The number of carbonyl (C=O) groups is 1. The van der Waals surface area contributed by atoms with Crippen LogP contribution in [0.25, 0.3) is 6.08 Å². The number of benzene rings is 1. The van der Waals surface area contributed by atoms with Gasteiger partial charge in [-0.15, -0.1) is 0 Å². The van der Waals surface area contributed by atoms with Crippen molar-refractivity contribution in [3.63, 3.8) is 0 Å². The molecule has 0 aliphatic carbocycles. The van der Waals surface area contributed by atoms with Gasteiger partial charge in [0.2, 0.25) is 0 Å². The summed E-state index contributed by atoms with van der Waals surface area (Å²) in [5.74, 6) is 0.235. The number of nitrogens with one attached hydrogen (secondary N) is 1. The standard InChI is InChI=1S/C17H23NO3/c1-12(2)7-15(17(19)20)10-18-9-13-8-14-5-3-4-6-16(14)21-11-13/h3-6,8,12,15,18H,7,9-11H2,1-2H3,(H,19,20). The van der Waals surface area contributed by atoms with Crippen LogP contribution in [0.4, 0.5) is 0 Å². The molecule has 1 heterocycles. The molecule has 0 amide bonds. The summed E-state index contributed by atoms with van der Waals surface area (Å²) in [6.07, 6.45) is 2.81. The fraction of sp³-hybridized carbons (Fsp3) is 0.471. The first kappa shape index (κ1) is 15.6. The number of rotatable bonds is 7. The molecule has 1 aromatic carbocycles. The second-order valence-electron chi connectivity index (χ2n) is 5.92. The van der Waals surface area contributed by atoms with Crippen molar-refractivity contribution in [1.29, 1.82) is 0 Å². The molecule has 0 bridgehead atoms.